The van der Waals surface area contributed by atoms with Gasteiger partial charge in [0.2, 0.25) is 0 Å². The summed E-state index contributed by atoms with van der Waals surface area (Å²) in [5, 5.41) is 3.34. The van der Waals surface area contributed by atoms with E-state index in [0.29, 0.717) is 6.61 Å². The van der Waals surface area contributed by atoms with Crippen molar-refractivity contribution in [2.75, 3.05) is 13.2 Å². The van der Waals surface area contributed by atoms with Gasteiger partial charge in [-0.1, -0.05) is 6.92 Å². The lowest BCUT2D eigenvalue weighted by Gasteiger charge is -2.28. The maximum atomic E-state index is 12.1. The van der Waals surface area contributed by atoms with Gasteiger partial charge < -0.3 is 14.6 Å². The quantitative estimate of drug-likeness (QED) is 0.532. The van der Waals surface area contributed by atoms with E-state index in [0.717, 1.165) is 44.6 Å². The van der Waals surface area contributed by atoms with Crippen LogP contribution in [0, 0.1) is 6.92 Å². The summed E-state index contributed by atoms with van der Waals surface area (Å²) in [6, 6.07) is 0. The average molecular weight is 295 g/mol. The van der Waals surface area contributed by atoms with Gasteiger partial charge in [-0.15, -0.1) is 0 Å². The number of nitrogens with one attached hydrogen (secondary N) is 1. The largest absolute Gasteiger partial charge is 0.465 e. The van der Waals surface area contributed by atoms with Gasteiger partial charge in [-0.3, -0.25) is 4.79 Å². The predicted molar refractivity (Wildman–Crippen MR) is 84.1 cm³/mol. The van der Waals surface area contributed by atoms with Gasteiger partial charge >= 0.3 is 5.97 Å². The molecule has 1 atom stereocenters. The monoisotopic (exact) mass is 295 g/mol. The minimum absolute atomic E-state index is 0.141. The summed E-state index contributed by atoms with van der Waals surface area (Å²) in [7, 11) is 0. The Morgan fingerprint density at radius 3 is 2.76 bits per heavy atom. The molecular formula is C16H29N3O2. The van der Waals surface area contributed by atoms with Crippen molar-refractivity contribution in [1.82, 2.24) is 14.9 Å². The molecule has 0 saturated heterocycles. The van der Waals surface area contributed by atoms with E-state index >= 15 is 0 Å². The molecule has 0 aliphatic heterocycles. The highest BCUT2D eigenvalue weighted by Gasteiger charge is 2.33. The van der Waals surface area contributed by atoms with Gasteiger partial charge in [0.15, 0.2) is 0 Å². The van der Waals surface area contributed by atoms with Crippen molar-refractivity contribution in [3.05, 3.63) is 18.2 Å². The lowest BCUT2D eigenvalue weighted by molar-refractivity contribution is -0.150. The molecule has 0 aromatic carbocycles. The molecule has 1 N–H and O–H groups in total. The second kappa shape index (κ2) is 8.82. The Bertz CT molecular complexity index is 431. The zero-order valence-electron chi connectivity index (χ0n) is 13.8. The van der Waals surface area contributed by atoms with Crippen LogP contribution in [-0.4, -0.2) is 34.2 Å². The van der Waals surface area contributed by atoms with Crippen LogP contribution in [0.25, 0.3) is 0 Å². The molecule has 0 amide bonds. The second-order valence-electron chi connectivity index (χ2n) is 5.60. The van der Waals surface area contributed by atoms with Crippen LogP contribution in [0.4, 0.5) is 0 Å². The van der Waals surface area contributed by atoms with E-state index in [2.05, 4.69) is 21.8 Å². The number of hydrogen-bond donors (Lipinski definition) is 1. The van der Waals surface area contributed by atoms with Crippen molar-refractivity contribution in [1.29, 1.82) is 0 Å². The molecule has 1 unspecified atom stereocenters. The summed E-state index contributed by atoms with van der Waals surface area (Å²) >= 11 is 0. The molecule has 5 heteroatoms. The van der Waals surface area contributed by atoms with E-state index in [4.69, 9.17) is 4.74 Å². The highest BCUT2D eigenvalue weighted by Crippen LogP contribution is 2.17. The summed E-state index contributed by atoms with van der Waals surface area (Å²) in [5.41, 5.74) is -0.573. The van der Waals surface area contributed by atoms with E-state index < -0.39 is 5.54 Å². The first-order valence-electron chi connectivity index (χ1n) is 7.93. The van der Waals surface area contributed by atoms with Crippen molar-refractivity contribution in [2.45, 2.75) is 65.5 Å². The molecule has 0 aliphatic rings. The molecule has 0 radical (unpaired) electrons. The van der Waals surface area contributed by atoms with E-state index in [9.17, 15) is 4.79 Å². The van der Waals surface area contributed by atoms with Crippen LogP contribution in [-0.2, 0) is 16.1 Å². The van der Waals surface area contributed by atoms with Crippen LogP contribution < -0.4 is 5.32 Å². The van der Waals surface area contributed by atoms with Crippen LogP contribution in [0.5, 0.6) is 0 Å². The number of esters is 1. The molecule has 0 saturated carbocycles. The zero-order valence-corrected chi connectivity index (χ0v) is 13.8. The highest BCUT2D eigenvalue weighted by atomic mass is 16.5. The Kier molecular flexibility index (Phi) is 7.43. The van der Waals surface area contributed by atoms with Gasteiger partial charge in [-0.25, -0.2) is 4.98 Å². The maximum absolute atomic E-state index is 12.1. The smallest absolute Gasteiger partial charge is 0.326 e. The third-order valence-corrected chi connectivity index (χ3v) is 3.74. The summed E-state index contributed by atoms with van der Waals surface area (Å²) < 4.78 is 7.35. The lowest BCUT2D eigenvalue weighted by Crippen LogP contribution is -2.50. The summed E-state index contributed by atoms with van der Waals surface area (Å²) in [5.74, 6) is 0.893. The molecule has 0 aliphatic carbocycles. The lowest BCUT2D eigenvalue weighted by atomic mass is 9.94. The fraction of sp³-hybridized carbons (Fsp3) is 0.750. The van der Waals surface area contributed by atoms with E-state index in [-0.39, 0.29) is 5.97 Å². The second-order valence-corrected chi connectivity index (χ2v) is 5.60. The molecule has 1 aromatic rings. The number of aryl methyl sites for hydroxylation is 2. The molecule has 120 valence electrons. The Balaban J connectivity index is 2.45. The summed E-state index contributed by atoms with van der Waals surface area (Å²) in [4.78, 5) is 16.4. The molecule has 1 aromatic heterocycles. The van der Waals surface area contributed by atoms with Crippen molar-refractivity contribution in [2.24, 2.45) is 0 Å². The van der Waals surface area contributed by atoms with Crippen molar-refractivity contribution < 1.29 is 9.53 Å². The van der Waals surface area contributed by atoms with Crippen LogP contribution in [0.15, 0.2) is 12.4 Å². The van der Waals surface area contributed by atoms with Crippen LogP contribution >= 0.6 is 0 Å². The molecule has 0 fully saturated rings. The number of carbonyl (C=O) groups is 1. The maximum Gasteiger partial charge on any atom is 0.326 e. The fourth-order valence-corrected chi connectivity index (χ4v) is 2.35. The summed E-state index contributed by atoms with van der Waals surface area (Å²) in [6.45, 7) is 10.1. The molecule has 0 bridgehead atoms. The van der Waals surface area contributed by atoms with E-state index in [1.165, 1.54) is 0 Å². The number of aromatic nitrogens is 2. The number of ether oxygens (including phenoxy) is 1. The minimum atomic E-state index is -0.573. The normalized spacial score (nSPS) is 13.9. The van der Waals surface area contributed by atoms with Gasteiger partial charge in [-0.05, 0) is 53.0 Å². The van der Waals surface area contributed by atoms with Gasteiger partial charge in [-0.2, -0.15) is 0 Å². The Labute approximate surface area is 128 Å². The topological polar surface area (TPSA) is 56.2 Å². The van der Waals surface area contributed by atoms with Crippen molar-refractivity contribution in [3.8, 4) is 0 Å². The first-order chi connectivity index (χ1) is 10.0. The Morgan fingerprint density at radius 2 is 2.19 bits per heavy atom. The number of carbonyl (C=O) groups excluding carboxylic acids is 1. The van der Waals surface area contributed by atoms with Crippen LogP contribution in [0.2, 0.25) is 0 Å². The number of nitrogens with zero attached hydrogens (tertiary/aromatic N) is 2. The Hall–Kier alpha value is -1.36. The fourth-order valence-electron chi connectivity index (χ4n) is 2.35. The van der Waals surface area contributed by atoms with Gasteiger partial charge in [0.05, 0.1) is 6.61 Å². The third kappa shape index (κ3) is 5.50. The van der Waals surface area contributed by atoms with Crippen LogP contribution in [0.3, 0.4) is 0 Å². The van der Waals surface area contributed by atoms with Crippen LogP contribution in [0.1, 0.15) is 52.3 Å². The number of imidazole rings is 1. The zero-order chi connectivity index (χ0) is 15.7. The van der Waals surface area contributed by atoms with Crippen molar-refractivity contribution in [3.63, 3.8) is 0 Å². The number of hydrogen-bond acceptors (Lipinski definition) is 4. The molecule has 5 nitrogen and oxygen atoms in total. The van der Waals surface area contributed by atoms with E-state index in [1.807, 2.05) is 33.2 Å². The predicted octanol–water partition coefficient (Wildman–Crippen LogP) is 2.68. The molecular weight excluding hydrogens is 266 g/mol. The molecule has 1 heterocycles. The van der Waals surface area contributed by atoms with Gasteiger partial charge in [0, 0.05) is 18.9 Å². The number of unbranched alkanes of at least 4 members (excludes halogenated alkanes) is 1. The number of rotatable bonds is 10. The first kappa shape index (κ1) is 17.7. The molecule has 21 heavy (non-hydrogen) atoms. The van der Waals surface area contributed by atoms with E-state index in [1.54, 1.807) is 0 Å². The molecule has 1 rings (SSSR count). The van der Waals surface area contributed by atoms with Gasteiger partial charge in [0.25, 0.3) is 0 Å². The standard InChI is InChI=1S/C16H29N3O2/c1-5-10-18-16(4,15(20)21-6-2)9-7-8-12-19-13-11-17-14(19)3/h11,13,18H,5-10,12H2,1-4H3. The summed E-state index contributed by atoms with van der Waals surface area (Å²) in [6.07, 6.45) is 7.61. The SMILES string of the molecule is CCCNC(C)(CCCCn1ccnc1C)C(=O)OCC. The van der Waals surface area contributed by atoms with Crippen molar-refractivity contribution >= 4 is 5.97 Å². The minimum Gasteiger partial charge on any atom is -0.465 e. The average Bonchev–Trinajstić information content (AvgIpc) is 2.87. The Morgan fingerprint density at radius 1 is 1.43 bits per heavy atom. The third-order valence-electron chi connectivity index (χ3n) is 3.74. The first-order valence-corrected chi connectivity index (χ1v) is 7.93. The highest BCUT2D eigenvalue weighted by molar-refractivity contribution is 5.80. The molecule has 0 spiro atoms. The van der Waals surface area contributed by atoms with Gasteiger partial charge in [0.1, 0.15) is 11.4 Å².